The summed E-state index contributed by atoms with van der Waals surface area (Å²) < 4.78 is 11.0. The maximum absolute atomic E-state index is 12.1. The van der Waals surface area contributed by atoms with Crippen molar-refractivity contribution in [3.8, 4) is 0 Å². The Bertz CT molecular complexity index is 1610. The van der Waals surface area contributed by atoms with E-state index in [1.165, 1.54) is 56.2 Å². The minimum Gasteiger partial charge on any atom is -0.457 e. The Morgan fingerprint density at radius 1 is 0.722 bits per heavy atom. The summed E-state index contributed by atoms with van der Waals surface area (Å²) in [5, 5.41) is 5.15. The van der Waals surface area contributed by atoms with Crippen LogP contribution in [0.5, 0.6) is 0 Å². The van der Waals surface area contributed by atoms with Gasteiger partial charge >= 0.3 is 5.97 Å². The van der Waals surface area contributed by atoms with Crippen LogP contribution in [-0.4, -0.2) is 23.6 Å². The van der Waals surface area contributed by atoms with Gasteiger partial charge in [0.15, 0.2) is 0 Å². The van der Waals surface area contributed by atoms with Gasteiger partial charge in [0.1, 0.15) is 6.10 Å². The molecule has 0 saturated carbocycles. The zero-order chi connectivity index (χ0) is 24.5. The molecule has 0 N–H and O–H groups in total. The highest BCUT2D eigenvalue weighted by Gasteiger charge is 2.18. The van der Waals surface area contributed by atoms with Crippen LogP contribution in [0.1, 0.15) is 0 Å². The molecule has 0 aliphatic carbocycles. The third kappa shape index (κ3) is 4.55. The summed E-state index contributed by atoms with van der Waals surface area (Å²) in [6.45, 7) is 3.60. The average Bonchev–Trinajstić information content (AvgIpc) is 3.49. The third-order valence-electron chi connectivity index (χ3n) is 6.04. The SMILES string of the molecule is C=CC(=O)OC(CSc1cccc2c1sc1ccccc12)CSc1cccc2c1sc1ccccc12. The first kappa shape index (κ1) is 23.6. The number of carbonyl (C=O) groups excluding carboxylic acids is 1. The van der Waals surface area contributed by atoms with E-state index in [0.29, 0.717) is 11.5 Å². The van der Waals surface area contributed by atoms with E-state index >= 15 is 0 Å². The second-order valence-corrected chi connectivity index (χ2v) is 12.6. The predicted octanol–water partition coefficient (Wildman–Crippen LogP) is 9.40. The van der Waals surface area contributed by atoms with E-state index in [0.717, 1.165) is 0 Å². The quantitative estimate of drug-likeness (QED) is 0.109. The van der Waals surface area contributed by atoms with Crippen molar-refractivity contribution in [1.82, 2.24) is 0 Å². The molecule has 0 amide bonds. The normalized spacial score (nSPS) is 11.7. The van der Waals surface area contributed by atoms with Crippen molar-refractivity contribution in [2.24, 2.45) is 0 Å². The van der Waals surface area contributed by atoms with Crippen molar-refractivity contribution in [1.29, 1.82) is 0 Å². The Hall–Kier alpha value is -2.77. The summed E-state index contributed by atoms with van der Waals surface area (Å²) in [4.78, 5) is 14.6. The number of thioether (sulfide) groups is 2. The van der Waals surface area contributed by atoms with E-state index in [9.17, 15) is 4.79 Å². The molecular formula is C30H22O2S4. The number of thiophene rings is 2. The van der Waals surface area contributed by atoms with E-state index < -0.39 is 0 Å². The molecule has 36 heavy (non-hydrogen) atoms. The molecule has 0 unspecified atom stereocenters. The molecule has 0 bridgehead atoms. The number of ether oxygens (including phenoxy) is 1. The number of hydrogen-bond acceptors (Lipinski definition) is 6. The molecule has 6 heteroatoms. The summed E-state index contributed by atoms with van der Waals surface area (Å²) in [5.74, 6) is 0.992. The zero-order valence-corrected chi connectivity index (χ0v) is 22.6. The Balaban J connectivity index is 1.25. The summed E-state index contributed by atoms with van der Waals surface area (Å²) in [7, 11) is 0. The van der Waals surface area contributed by atoms with Crippen molar-refractivity contribution < 1.29 is 9.53 Å². The van der Waals surface area contributed by atoms with Crippen molar-refractivity contribution in [3.05, 3.63) is 97.6 Å². The molecule has 2 nitrogen and oxygen atoms in total. The first-order valence-electron chi connectivity index (χ1n) is 11.6. The second-order valence-electron chi connectivity index (χ2n) is 8.35. The maximum Gasteiger partial charge on any atom is 0.330 e. The lowest BCUT2D eigenvalue weighted by atomic mass is 10.1. The van der Waals surface area contributed by atoms with E-state index in [4.69, 9.17) is 4.74 Å². The molecule has 0 radical (unpaired) electrons. The first-order valence-corrected chi connectivity index (χ1v) is 15.2. The Kier molecular flexibility index (Phi) is 6.76. The van der Waals surface area contributed by atoms with Gasteiger partial charge in [0.2, 0.25) is 0 Å². The summed E-state index contributed by atoms with van der Waals surface area (Å²) in [5.41, 5.74) is 0. The standard InChI is InChI=1S/C30H22O2S4/c1-2-28(31)32-19(17-33-26-15-7-11-22-20-9-3-5-13-24(20)35-29(22)26)18-34-27-16-8-12-23-21-10-4-6-14-25(21)36-30(23)27/h2-16,19H,1,17-18H2. The molecule has 0 aliphatic heterocycles. The van der Waals surface area contributed by atoms with Crippen LogP contribution < -0.4 is 0 Å². The van der Waals surface area contributed by atoms with Crippen LogP contribution in [0.15, 0.2) is 107 Å². The van der Waals surface area contributed by atoms with E-state index in [1.54, 1.807) is 23.5 Å². The first-order chi connectivity index (χ1) is 17.7. The molecule has 4 aromatic carbocycles. The van der Waals surface area contributed by atoms with Crippen LogP contribution in [0.3, 0.4) is 0 Å². The van der Waals surface area contributed by atoms with Crippen LogP contribution in [-0.2, 0) is 9.53 Å². The third-order valence-corrected chi connectivity index (χ3v) is 11.1. The van der Waals surface area contributed by atoms with E-state index in [1.807, 2.05) is 22.7 Å². The van der Waals surface area contributed by atoms with Gasteiger partial charge in [-0.1, -0.05) is 67.2 Å². The lowest BCUT2D eigenvalue weighted by Gasteiger charge is -2.17. The Morgan fingerprint density at radius 3 is 1.69 bits per heavy atom. The van der Waals surface area contributed by atoms with Crippen molar-refractivity contribution in [2.75, 3.05) is 11.5 Å². The van der Waals surface area contributed by atoms with Gasteiger partial charge in [-0.05, 0) is 24.3 Å². The monoisotopic (exact) mass is 542 g/mol. The van der Waals surface area contributed by atoms with Crippen molar-refractivity contribution in [3.63, 3.8) is 0 Å². The fraction of sp³-hybridized carbons (Fsp3) is 0.100. The van der Waals surface area contributed by atoms with Gasteiger partial charge in [0.05, 0.1) is 0 Å². The maximum atomic E-state index is 12.1. The average molecular weight is 543 g/mol. The van der Waals surface area contributed by atoms with E-state index in [2.05, 4.69) is 91.5 Å². The number of hydrogen-bond donors (Lipinski definition) is 0. The molecule has 0 fully saturated rings. The lowest BCUT2D eigenvalue weighted by molar-refractivity contribution is -0.140. The topological polar surface area (TPSA) is 26.3 Å². The number of carbonyl (C=O) groups is 1. The highest BCUT2D eigenvalue weighted by atomic mass is 32.2. The minimum absolute atomic E-state index is 0.236. The van der Waals surface area contributed by atoms with Crippen molar-refractivity contribution in [2.45, 2.75) is 15.9 Å². The fourth-order valence-electron chi connectivity index (χ4n) is 4.36. The molecule has 0 aliphatic rings. The van der Waals surface area contributed by atoms with Crippen molar-refractivity contribution >= 4 is 92.5 Å². The summed E-state index contributed by atoms with van der Waals surface area (Å²) >= 11 is 7.16. The molecule has 2 heterocycles. The molecule has 2 aromatic heterocycles. The van der Waals surface area contributed by atoms with Gasteiger partial charge in [0, 0.05) is 67.7 Å². The van der Waals surface area contributed by atoms with Crippen LogP contribution in [0.25, 0.3) is 40.3 Å². The number of esters is 1. The summed E-state index contributed by atoms with van der Waals surface area (Å²) in [6.07, 6.45) is 1.02. The van der Waals surface area contributed by atoms with Gasteiger partial charge in [0.25, 0.3) is 0 Å². The molecule has 0 atom stereocenters. The zero-order valence-electron chi connectivity index (χ0n) is 19.3. The van der Waals surface area contributed by atoms with Gasteiger partial charge in [-0.25, -0.2) is 4.79 Å². The molecule has 6 rings (SSSR count). The number of benzene rings is 4. The van der Waals surface area contributed by atoms with Crippen LogP contribution in [0.2, 0.25) is 0 Å². The Labute approximate surface area is 226 Å². The summed E-state index contributed by atoms with van der Waals surface area (Å²) in [6, 6.07) is 30.0. The smallest absolute Gasteiger partial charge is 0.330 e. The van der Waals surface area contributed by atoms with Crippen LogP contribution >= 0.6 is 46.2 Å². The largest absolute Gasteiger partial charge is 0.457 e. The highest BCUT2D eigenvalue weighted by Crippen LogP contribution is 2.41. The highest BCUT2D eigenvalue weighted by molar-refractivity contribution is 8.00. The molecular weight excluding hydrogens is 521 g/mol. The molecule has 178 valence electrons. The van der Waals surface area contributed by atoms with Gasteiger partial charge in [-0.2, -0.15) is 0 Å². The number of rotatable bonds is 8. The minimum atomic E-state index is -0.374. The number of fused-ring (bicyclic) bond motifs is 6. The lowest BCUT2D eigenvalue weighted by Crippen LogP contribution is -2.22. The predicted molar refractivity (Wildman–Crippen MR) is 160 cm³/mol. The fourth-order valence-corrected chi connectivity index (χ4v) is 9.27. The molecule has 6 aromatic rings. The molecule has 0 spiro atoms. The van der Waals surface area contributed by atoms with Crippen LogP contribution in [0.4, 0.5) is 0 Å². The second kappa shape index (κ2) is 10.3. The van der Waals surface area contributed by atoms with Crippen LogP contribution in [0, 0.1) is 0 Å². The Morgan fingerprint density at radius 2 is 1.19 bits per heavy atom. The van der Waals surface area contributed by atoms with Gasteiger partial charge in [-0.15, -0.1) is 46.2 Å². The van der Waals surface area contributed by atoms with Gasteiger partial charge in [-0.3, -0.25) is 0 Å². The van der Waals surface area contributed by atoms with Gasteiger partial charge < -0.3 is 4.74 Å². The van der Waals surface area contributed by atoms with E-state index in [-0.39, 0.29) is 12.1 Å². The molecule has 0 saturated heterocycles.